The third-order valence-corrected chi connectivity index (χ3v) is 2.96. The van der Waals surface area contributed by atoms with Gasteiger partial charge in [-0.05, 0) is 18.2 Å². The van der Waals surface area contributed by atoms with Crippen LogP contribution in [0.2, 0.25) is 0 Å². The van der Waals surface area contributed by atoms with Crippen LogP contribution in [-0.4, -0.2) is 17.1 Å². The number of benzene rings is 1. The molecule has 1 aromatic carbocycles. The molecule has 2 heterocycles. The highest BCUT2D eigenvalue weighted by Crippen LogP contribution is 2.36. The second-order valence-corrected chi connectivity index (χ2v) is 4.07. The first-order valence-electron chi connectivity index (χ1n) is 5.66. The number of aromatic nitrogens is 2. The molecule has 0 amide bonds. The highest BCUT2D eigenvalue weighted by atomic mass is 19.1. The number of pyridine rings is 1. The molecule has 0 aliphatic heterocycles. The van der Waals surface area contributed by atoms with E-state index in [0.29, 0.717) is 27.9 Å². The van der Waals surface area contributed by atoms with Gasteiger partial charge < -0.3 is 9.72 Å². The molecule has 2 aromatic heterocycles. The number of nitrogens with zero attached hydrogens (tertiary/aromatic N) is 1. The number of nitrogens with one attached hydrogen (secondary N) is 1. The first kappa shape index (κ1) is 11.6. The van der Waals surface area contributed by atoms with Crippen molar-refractivity contribution in [2.24, 2.45) is 0 Å². The predicted molar refractivity (Wildman–Crippen MR) is 68.0 cm³/mol. The molecule has 0 saturated carbocycles. The van der Waals surface area contributed by atoms with E-state index in [1.165, 1.54) is 19.2 Å². The Kier molecular flexibility index (Phi) is 2.67. The summed E-state index contributed by atoms with van der Waals surface area (Å²) in [7, 11) is 1.46. The maximum atomic E-state index is 14.0. The Balaban J connectivity index is 2.33. The van der Waals surface area contributed by atoms with Crippen molar-refractivity contribution in [3.63, 3.8) is 0 Å². The third-order valence-electron chi connectivity index (χ3n) is 2.96. The zero-order valence-electron chi connectivity index (χ0n) is 10.1. The summed E-state index contributed by atoms with van der Waals surface area (Å²) in [4.78, 5) is 6.81. The van der Waals surface area contributed by atoms with Gasteiger partial charge in [0.25, 0.3) is 0 Å². The normalized spacial score (nSPS) is 10.9. The first-order chi connectivity index (χ1) is 9.20. The number of ether oxygens (including phenoxy) is 1. The first-order valence-corrected chi connectivity index (χ1v) is 5.66. The molecular formula is C14H10F2N2O. The van der Waals surface area contributed by atoms with Crippen LogP contribution in [0.5, 0.6) is 5.75 Å². The van der Waals surface area contributed by atoms with Gasteiger partial charge in [-0.1, -0.05) is 6.07 Å². The molecule has 3 aromatic rings. The van der Waals surface area contributed by atoms with E-state index in [1.54, 1.807) is 18.3 Å². The lowest BCUT2D eigenvalue weighted by molar-refractivity contribution is 0.413. The zero-order valence-corrected chi connectivity index (χ0v) is 10.1. The van der Waals surface area contributed by atoms with E-state index in [9.17, 15) is 8.78 Å². The number of halogens is 2. The Morgan fingerprint density at radius 1 is 1.26 bits per heavy atom. The summed E-state index contributed by atoms with van der Waals surface area (Å²) in [6.45, 7) is 0. The second-order valence-electron chi connectivity index (χ2n) is 4.07. The van der Waals surface area contributed by atoms with E-state index >= 15 is 0 Å². The molecule has 96 valence electrons. The van der Waals surface area contributed by atoms with E-state index in [0.717, 1.165) is 6.20 Å². The number of methoxy groups -OCH3 is 1. The molecule has 0 fully saturated rings. The quantitative estimate of drug-likeness (QED) is 0.765. The third kappa shape index (κ3) is 1.83. The molecule has 0 radical (unpaired) electrons. The summed E-state index contributed by atoms with van der Waals surface area (Å²) >= 11 is 0. The topological polar surface area (TPSA) is 37.9 Å². The second kappa shape index (κ2) is 4.35. The Morgan fingerprint density at radius 3 is 2.89 bits per heavy atom. The summed E-state index contributed by atoms with van der Waals surface area (Å²) in [5.41, 5.74) is 1.32. The number of H-pyrrole nitrogens is 1. The van der Waals surface area contributed by atoms with Crippen molar-refractivity contribution in [2.45, 2.75) is 0 Å². The monoisotopic (exact) mass is 260 g/mol. The van der Waals surface area contributed by atoms with Crippen LogP contribution in [-0.2, 0) is 0 Å². The molecule has 1 N–H and O–H groups in total. The smallest absolute Gasteiger partial charge is 0.142 e. The van der Waals surface area contributed by atoms with Crippen molar-refractivity contribution in [3.8, 4) is 16.9 Å². The standard InChI is InChI=1S/C14H10F2N2O/c1-19-12-4-2-3-11(16)13(12)10-7-18-14-9(10)5-8(15)6-17-14/h2-7H,1H3,(H,17,18). The highest BCUT2D eigenvalue weighted by Gasteiger charge is 2.16. The summed E-state index contributed by atoms with van der Waals surface area (Å²) in [6, 6.07) is 5.87. The fraction of sp³-hybridized carbons (Fsp3) is 0.0714. The SMILES string of the molecule is COc1cccc(F)c1-c1c[nH]c2ncc(F)cc12. The molecule has 0 aliphatic rings. The van der Waals surface area contributed by atoms with Crippen LogP contribution in [0.25, 0.3) is 22.2 Å². The van der Waals surface area contributed by atoms with Gasteiger partial charge in [-0.2, -0.15) is 0 Å². The minimum atomic E-state index is -0.469. The van der Waals surface area contributed by atoms with E-state index in [-0.39, 0.29) is 0 Å². The van der Waals surface area contributed by atoms with E-state index in [4.69, 9.17) is 4.74 Å². The predicted octanol–water partition coefficient (Wildman–Crippen LogP) is 3.52. The Hall–Kier alpha value is -2.43. The van der Waals surface area contributed by atoms with Crippen molar-refractivity contribution in [2.75, 3.05) is 7.11 Å². The van der Waals surface area contributed by atoms with Crippen LogP contribution < -0.4 is 4.74 Å². The molecule has 0 atom stereocenters. The highest BCUT2D eigenvalue weighted by molar-refractivity contribution is 5.95. The maximum absolute atomic E-state index is 14.0. The molecule has 0 spiro atoms. The average Bonchev–Trinajstić information content (AvgIpc) is 2.81. The van der Waals surface area contributed by atoms with Crippen molar-refractivity contribution < 1.29 is 13.5 Å². The van der Waals surface area contributed by atoms with E-state index < -0.39 is 11.6 Å². The fourth-order valence-corrected chi connectivity index (χ4v) is 2.12. The molecular weight excluding hydrogens is 250 g/mol. The number of aromatic amines is 1. The van der Waals surface area contributed by atoms with Gasteiger partial charge in [0.1, 0.15) is 23.0 Å². The molecule has 0 saturated heterocycles. The van der Waals surface area contributed by atoms with E-state index in [1.807, 2.05) is 0 Å². The maximum Gasteiger partial charge on any atom is 0.142 e. The average molecular weight is 260 g/mol. The lowest BCUT2D eigenvalue weighted by atomic mass is 10.0. The van der Waals surface area contributed by atoms with Crippen molar-refractivity contribution in [1.82, 2.24) is 9.97 Å². The zero-order chi connectivity index (χ0) is 13.4. The van der Waals surface area contributed by atoms with Crippen LogP contribution in [0, 0.1) is 11.6 Å². The number of hydrogen-bond acceptors (Lipinski definition) is 2. The Morgan fingerprint density at radius 2 is 2.11 bits per heavy atom. The van der Waals surface area contributed by atoms with Crippen molar-refractivity contribution in [1.29, 1.82) is 0 Å². The Labute approximate surface area is 107 Å². The molecule has 19 heavy (non-hydrogen) atoms. The number of fused-ring (bicyclic) bond motifs is 1. The van der Waals surface area contributed by atoms with E-state index in [2.05, 4.69) is 9.97 Å². The largest absolute Gasteiger partial charge is 0.496 e. The molecule has 5 heteroatoms. The van der Waals surface area contributed by atoms with Crippen LogP contribution in [0.1, 0.15) is 0 Å². The number of hydrogen-bond donors (Lipinski definition) is 1. The minimum absolute atomic E-state index is 0.295. The summed E-state index contributed by atoms with van der Waals surface area (Å²) in [5, 5.41) is 0.517. The summed E-state index contributed by atoms with van der Waals surface area (Å²) in [6.07, 6.45) is 2.71. The fourth-order valence-electron chi connectivity index (χ4n) is 2.12. The van der Waals surface area contributed by atoms with Crippen molar-refractivity contribution in [3.05, 3.63) is 48.3 Å². The van der Waals surface area contributed by atoms with Gasteiger partial charge >= 0.3 is 0 Å². The van der Waals surface area contributed by atoms with Gasteiger partial charge in [-0.15, -0.1) is 0 Å². The number of rotatable bonds is 2. The van der Waals surface area contributed by atoms with Crippen LogP contribution in [0.15, 0.2) is 36.7 Å². The van der Waals surface area contributed by atoms with Gasteiger partial charge in [-0.25, -0.2) is 13.8 Å². The van der Waals surface area contributed by atoms with Crippen LogP contribution in [0.4, 0.5) is 8.78 Å². The molecule has 0 aliphatic carbocycles. The van der Waals surface area contributed by atoms with Gasteiger partial charge in [0.05, 0.1) is 18.9 Å². The van der Waals surface area contributed by atoms with Crippen LogP contribution >= 0.6 is 0 Å². The van der Waals surface area contributed by atoms with Gasteiger partial charge in [0.15, 0.2) is 0 Å². The Bertz CT molecular complexity index is 752. The summed E-state index contributed by atoms with van der Waals surface area (Å²) < 4.78 is 32.5. The molecule has 3 nitrogen and oxygen atoms in total. The lowest BCUT2D eigenvalue weighted by Crippen LogP contribution is -1.91. The van der Waals surface area contributed by atoms with Gasteiger partial charge in [0, 0.05) is 17.1 Å². The minimum Gasteiger partial charge on any atom is -0.496 e. The molecule has 0 unspecified atom stereocenters. The molecule has 0 bridgehead atoms. The van der Waals surface area contributed by atoms with Crippen molar-refractivity contribution >= 4 is 11.0 Å². The summed E-state index contributed by atoms with van der Waals surface area (Å²) in [5.74, 6) is -0.502. The van der Waals surface area contributed by atoms with Gasteiger partial charge in [-0.3, -0.25) is 0 Å². The lowest BCUT2D eigenvalue weighted by Gasteiger charge is -2.08. The van der Waals surface area contributed by atoms with Gasteiger partial charge in [0.2, 0.25) is 0 Å². The molecule has 3 rings (SSSR count). The van der Waals surface area contributed by atoms with Crippen LogP contribution in [0.3, 0.4) is 0 Å².